The van der Waals surface area contributed by atoms with Crippen molar-refractivity contribution >= 4 is 35.6 Å². The number of phenolic OH excluding ortho intramolecular Hbond substituents is 2. The Morgan fingerprint density at radius 3 is 1.57 bits per heavy atom. The predicted molar refractivity (Wildman–Crippen MR) is 126 cm³/mol. The standard InChI is InChI=1S/C24H28Cl2N2O2/c1-15-7-17(11-25)23(29)19(9-15)13-27-21-5-3-4-6-22(21)28-14-20-10-16(2)8-18(12-26)24(20)30/h7-10,13-14,21-22,29-30H,3-6,11-12H2,1-2H3/b27-13+,28-14+. The van der Waals surface area contributed by atoms with Gasteiger partial charge in [-0.05, 0) is 49.9 Å². The van der Waals surface area contributed by atoms with E-state index in [4.69, 9.17) is 33.2 Å². The maximum Gasteiger partial charge on any atom is 0.128 e. The molecule has 0 aromatic heterocycles. The lowest BCUT2D eigenvalue weighted by atomic mass is 9.91. The van der Waals surface area contributed by atoms with Crippen molar-refractivity contribution in [3.8, 4) is 11.5 Å². The minimum absolute atomic E-state index is 0.0359. The number of benzene rings is 2. The third-order valence-corrected chi connectivity index (χ3v) is 6.09. The lowest BCUT2D eigenvalue weighted by Crippen LogP contribution is -2.27. The van der Waals surface area contributed by atoms with Gasteiger partial charge in [-0.2, -0.15) is 0 Å². The van der Waals surface area contributed by atoms with Crippen LogP contribution in [0.5, 0.6) is 11.5 Å². The molecule has 0 amide bonds. The van der Waals surface area contributed by atoms with E-state index in [2.05, 4.69) is 0 Å². The molecule has 1 fully saturated rings. The molecule has 2 aromatic carbocycles. The summed E-state index contributed by atoms with van der Waals surface area (Å²) < 4.78 is 0. The van der Waals surface area contributed by atoms with E-state index in [1.54, 1.807) is 12.4 Å². The highest BCUT2D eigenvalue weighted by Gasteiger charge is 2.23. The molecule has 1 aliphatic rings. The van der Waals surface area contributed by atoms with Crippen LogP contribution in [0.2, 0.25) is 0 Å². The van der Waals surface area contributed by atoms with Crippen molar-refractivity contribution < 1.29 is 10.2 Å². The zero-order chi connectivity index (χ0) is 21.7. The van der Waals surface area contributed by atoms with Gasteiger partial charge >= 0.3 is 0 Å². The fourth-order valence-electron chi connectivity index (χ4n) is 3.96. The quantitative estimate of drug-likeness (QED) is 0.419. The Morgan fingerprint density at radius 1 is 0.800 bits per heavy atom. The van der Waals surface area contributed by atoms with E-state index in [1.165, 1.54) is 0 Å². The maximum absolute atomic E-state index is 10.4. The van der Waals surface area contributed by atoms with Gasteiger partial charge in [0.2, 0.25) is 0 Å². The van der Waals surface area contributed by atoms with E-state index >= 15 is 0 Å². The van der Waals surface area contributed by atoms with Crippen LogP contribution >= 0.6 is 23.2 Å². The number of aliphatic imine (C=N–C) groups is 2. The van der Waals surface area contributed by atoms with Crippen LogP contribution in [0.1, 0.15) is 59.1 Å². The van der Waals surface area contributed by atoms with Crippen molar-refractivity contribution in [2.24, 2.45) is 9.98 Å². The van der Waals surface area contributed by atoms with Gasteiger partial charge in [0.05, 0.1) is 23.8 Å². The molecule has 0 spiro atoms. The summed E-state index contributed by atoms with van der Waals surface area (Å²) in [6.45, 7) is 3.95. The first-order chi connectivity index (χ1) is 14.4. The van der Waals surface area contributed by atoms with Gasteiger partial charge in [0.15, 0.2) is 0 Å². The number of halogens is 2. The maximum atomic E-state index is 10.4. The molecule has 4 nitrogen and oxygen atoms in total. The summed E-state index contributed by atoms with van der Waals surface area (Å²) in [5.74, 6) is 0.895. The number of alkyl halides is 2. The summed E-state index contributed by atoms with van der Waals surface area (Å²) in [5.41, 5.74) is 4.85. The Kier molecular flexibility index (Phi) is 7.79. The van der Waals surface area contributed by atoms with Crippen LogP contribution in [0.15, 0.2) is 34.3 Å². The van der Waals surface area contributed by atoms with Crippen LogP contribution in [0, 0.1) is 13.8 Å². The van der Waals surface area contributed by atoms with E-state index in [1.807, 2.05) is 38.1 Å². The van der Waals surface area contributed by atoms with Crippen molar-refractivity contribution in [3.05, 3.63) is 57.6 Å². The molecule has 6 heteroatoms. The highest BCUT2D eigenvalue weighted by molar-refractivity contribution is 6.17. The van der Waals surface area contributed by atoms with Gasteiger partial charge in [0.25, 0.3) is 0 Å². The molecule has 0 radical (unpaired) electrons. The predicted octanol–water partition coefficient (Wildman–Crippen LogP) is 6.04. The SMILES string of the molecule is Cc1cc(/C=N/C2CCCCC2/N=C/c2cc(C)cc(CCl)c2O)c(O)c(CCl)c1. The summed E-state index contributed by atoms with van der Waals surface area (Å²) in [5, 5.41) is 20.8. The number of nitrogens with zero attached hydrogens (tertiary/aromatic N) is 2. The van der Waals surface area contributed by atoms with Crippen molar-refractivity contribution in [3.63, 3.8) is 0 Å². The lowest BCUT2D eigenvalue weighted by Gasteiger charge is -2.25. The fourth-order valence-corrected chi connectivity index (χ4v) is 4.37. The summed E-state index contributed by atoms with van der Waals surface area (Å²) in [7, 11) is 0. The first-order valence-electron chi connectivity index (χ1n) is 10.3. The second-order valence-corrected chi connectivity index (χ2v) is 8.50. The average molecular weight is 447 g/mol. The van der Waals surface area contributed by atoms with E-state index in [0.29, 0.717) is 22.3 Å². The largest absolute Gasteiger partial charge is 0.507 e. The van der Waals surface area contributed by atoms with Crippen molar-refractivity contribution in [2.45, 2.75) is 63.4 Å². The molecule has 0 saturated heterocycles. The third-order valence-electron chi connectivity index (χ3n) is 5.52. The molecule has 2 atom stereocenters. The molecule has 2 unspecified atom stereocenters. The lowest BCUT2D eigenvalue weighted by molar-refractivity contribution is 0.390. The van der Waals surface area contributed by atoms with Crippen LogP contribution in [0.3, 0.4) is 0 Å². The smallest absolute Gasteiger partial charge is 0.128 e. The number of rotatable bonds is 6. The first-order valence-corrected chi connectivity index (χ1v) is 11.3. The summed E-state index contributed by atoms with van der Waals surface area (Å²) in [4.78, 5) is 9.55. The molecule has 3 rings (SSSR count). The van der Waals surface area contributed by atoms with E-state index < -0.39 is 0 Å². The Morgan fingerprint density at radius 2 is 1.20 bits per heavy atom. The third kappa shape index (κ3) is 5.35. The van der Waals surface area contributed by atoms with Crippen LogP contribution in [-0.4, -0.2) is 34.7 Å². The Balaban J connectivity index is 1.83. The monoisotopic (exact) mass is 446 g/mol. The van der Waals surface area contributed by atoms with Crippen molar-refractivity contribution in [1.29, 1.82) is 0 Å². The summed E-state index contributed by atoms with van der Waals surface area (Å²) in [6, 6.07) is 7.67. The van der Waals surface area contributed by atoms with Gasteiger partial charge in [0.1, 0.15) is 11.5 Å². The zero-order valence-electron chi connectivity index (χ0n) is 17.4. The van der Waals surface area contributed by atoms with Gasteiger partial charge in [-0.3, -0.25) is 9.98 Å². The van der Waals surface area contributed by atoms with Crippen LogP contribution in [0.4, 0.5) is 0 Å². The Hall–Kier alpha value is -2.04. The molecular formula is C24H28Cl2N2O2. The highest BCUT2D eigenvalue weighted by Crippen LogP contribution is 2.28. The van der Waals surface area contributed by atoms with E-state index in [9.17, 15) is 10.2 Å². The number of phenols is 2. The number of hydrogen-bond acceptors (Lipinski definition) is 4. The second kappa shape index (κ2) is 10.3. The number of hydrogen-bond donors (Lipinski definition) is 2. The normalized spacial score (nSPS) is 19.7. The van der Waals surface area contributed by atoms with E-state index in [0.717, 1.165) is 36.8 Å². The zero-order valence-corrected chi connectivity index (χ0v) is 18.9. The molecule has 0 heterocycles. The summed E-state index contributed by atoms with van der Waals surface area (Å²) >= 11 is 11.9. The highest BCUT2D eigenvalue weighted by atomic mass is 35.5. The second-order valence-electron chi connectivity index (χ2n) is 7.97. The van der Waals surface area contributed by atoms with Gasteiger partial charge in [0, 0.05) is 34.7 Å². The number of aryl methyl sites for hydroxylation is 2. The molecule has 2 aromatic rings. The number of aromatic hydroxyl groups is 2. The van der Waals surface area contributed by atoms with Crippen molar-refractivity contribution in [2.75, 3.05) is 0 Å². The molecule has 160 valence electrons. The molecule has 0 bridgehead atoms. The molecular weight excluding hydrogens is 419 g/mol. The Labute approximate surface area is 188 Å². The molecule has 2 N–H and O–H groups in total. The van der Waals surface area contributed by atoms with Gasteiger partial charge in [-0.25, -0.2) is 0 Å². The molecule has 1 aliphatic carbocycles. The van der Waals surface area contributed by atoms with Gasteiger partial charge in [-0.1, -0.05) is 25.0 Å². The first kappa shape index (κ1) is 22.6. The van der Waals surface area contributed by atoms with Gasteiger partial charge in [-0.15, -0.1) is 23.2 Å². The molecule has 1 saturated carbocycles. The molecule has 0 aliphatic heterocycles. The minimum Gasteiger partial charge on any atom is -0.507 e. The van der Waals surface area contributed by atoms with Crippen molar-refractivity contribution in [1.82, 2.24) is 0 Å². The van der Waals surface area contributed by atoms with Crippen LogP contribution < -0.4 is 0 Å². The fraction of sp³-hybridized carbons (Fsp3) is 0.417. The van der Waals surface area contributed by atoms with Gasteiger partial charge < -0.3 is 10.2 Å². The van der Waals surface area contributed by atoms with E-state index in [-0.39, 0.29) is 35.3 Å². The van der Waals surface area contributed by atoms with Crippen LogP contribution in [0.25, 0.3) is 0 Å². The Bertz CT molecular complexity index is 879. The average Bonchev–Trinajstić information content (AvgIpc) is 2.74. The van der Waals surface area contributed by atoms with Crippen LogP contribution in [-0.2, 0) is 11.8 Å². The topological polar surface area (TPSA) is 65.2 Å². The minimum atomic E-state index is 0.0359. The summed E-state index contributed by atoms with van der Waals surface area (Å²) in [6.07, 6.45) is 7.58. The molecule has 30 heavy (non-hydrogen) atoms.